The second kappa shape index (κ2) is 4.79. The fraction of sp³-hybridized carbons (Fsp3) is 0.250. The van der Waals surface area contributed by atoms with Gasteiger partial charge >= 0.3 is 0 Å². The smallest absolute Gasteiger partial charge is 0.172 e. The summed E-state index contributed by atoms with van der Waals surface area (Å²) in [6, 6.07) is 7.72. The first-order valence-corrected chi connectivity index (χ1v) is 6.09. The van der Waals surface area contributed by atoms with Crippen molar-refractivity contribution in [1.29, 1.82) is 0 Å². The lowest BCUT2D eigenvalue weighted by Gasteiger charge is -2.09. The van der Waals surface area contributed by atoms with Crippen molar-refractivity contribution in [2.45, 2.75) is 19.8 Å². The average molecular weight is 294 g/mol. The molecular formula is C12H12BrN3O. The molecule has 0 spiro atoms. The van der Waals surface area contributed by atoms with Crippen LogP contribution in [-0.4, -0.2) is 21.3 Å². The van der Waals surface area contributed by atoms with E-state index in [-0.39, 0.29) is 5.92 Å². The first-order chi connectivity index (χ1) is 8.13. The Bertz CT molecular complexity index is 531. The van der Waals surface area contributed by atoms with E-state index in [1.165, 1.54) is 0 Å². The van der Waals surface area contributed by atoms with Gasteiger partial charge in [-0.05, 0) is 30.2 Å². The van der Waals surface area contributed by atoms with E-state index in [1.807, 2.05) is 38.1 Å². The molecule has 5 heteroatoms. The quantitative estimate of drug-likeness (QED) is 0.818. The molecular weight excluding hydrogens is 282 g/mol. The Morgan fingerprint density at radius 3 is 2.47 bits per heavy atom. The number of halogens is 1. The molecule has 0 aliphatic heterocycles. The third-order valence-electron chi connectivity index (χ3n) is 2.46. The number of hydrogen-bond donors (Lipinski definition) is 0. The molecule has 0 fully saturated rings. The topological polar surface area (TPSA) is 47.8 Å². The van der Waals surface area contributed by atoms with Gasteiger partial charge in [0.25, 0.3) is 0 Å². The van der Waals surface area contributed by atoms with Crippen LogP contribution in [0.4, 0.5) is 0 Å². The molecule has 0 saturated heterocycles. The summed E-state index contributed by atoms with van der Waals surface area (Å²) >= 11 is 3.38. The summed E-state index contributed by atoms with van der Waals surface area (Å²) in [5, 5.41) is 7.92. The van der Waals surface area contributed by atoms with Gasteiger partial charge in [-0.2, -0.15) is 0 Å². The van der Waals surface area contributed by atoms with E-state index in [0.29, 0.717) is 5.69 Å². The van der Waals surface area contributed by atoms with Crippen LogP contribution in [0, 0.1) is 0 Å². The fourth-order valence-electron chi connectivity index (χ4n) is 1.70. The maximum Gasteiger partial charge on any atom is 0.172 e. The van der Waals surface area contributed by atoms with Crippen molar-refractivity contribution in [2.75, 3.05) is 0 Å². The monoisotopic (exact) mass is 293 g/mol. The Morgan fingerprint density at radius 1 is 1.29 bits per heavy atom. The van der Waals surface area contributed by atoms with Crippen LogP contribution in [0.3, 0.4) is 0 Å². The van der Waals surface area contributed by atoms with Gasteiger partial charge in [0.1, 0.15) is 5.69 Å². The number of carbonyl (C=O) groups is 1. The standard InChI is InChI=1S/C12H12BrN3O/c1-8(2)12-11(7-17)14-15-16(12)10-5-3-9(13)4-6-10/h3-8H,1-2H3. The Hall–Kier alpha value is -1.49. The minimum atomic E-state index is 0.189. The minimum absolute atomic E-state index is 0.189. The zero-order chi connectivity index (χ0) is 12.4. The van der Waals surface area contributed by atoms with Crippen LogP contribution in [0.15, 0.2) is 28.7 Å². The summed E-state index contributed by atoms with van der Waals surface area (Å²) in [5.74, 6) is 0.189. The van der Waals surface area contributed by atoms with Gasteiger partial charge in [0, 0.05) is 4.47 Å². The lowest BCUT2D eigenvalue weighted by atomic mass is 10.1. The molecule has 0 aliphatic rings. The molecule has 0 saturated carbocycles. The number of nitrogens with zero attached hydrogens (tertiary/aromatic N) is 3. The Labute approximate surface area is 108 Å². The first kappa shape index (κ1) is 12.0. The molecule has 1 aromatic carbocycles. The molecule has 0 unspecified atom stereocenters. The zero-order valence-electron chi connectivity index (χ0n) is 9.59. The van der Waals surface area contributed by atoms with Crippen LogP contribution < -0.4 is 0 Å². The lowest BCUT2D eigenvalue weighted by Crippen LogP contribution is -2.05. The highest BCUT2D eigenvalue weighted by molar-refractivity contribution is 9.10. The number of benzene rings is 1. The largest absolute Gasteiger partial charge is 0.296 e. The molecule has 1 heterocycles. The van der Waals surface area contributed by atoms with Gasteiger partial charge in [-0.3, -0.25) is 4.79 Å². The summed E-state index contributed by atoms with van der Waals surface area (Å²) in [6.07, 6.45) is 0.748. The van der Waals surface area contributed by atoms with Gasteiger partial charge in [0.15, 0.2) is 6.29 Å². The third-order valence-corrected chi connectivity index (χ3v) is 2.99. The molecule has 0 atom stereocenters. The second-order valence-corrected chi connectivity index (χ2v) is 4.94. The summed E-state index contributed by atoms with van der Waals surface area (Å²) < 4.78 is 2.71. The molecule has 0 aliphatic carbocycles. The van der Waals surface area contributed by atoms with Crippen molar-refractivity contribution in [2.24, 2.45) is 0 Å². The normalized spacial score (nSPS) is 10.8. The number of rotatable bonds is 3. The number of carbonyl (C=O) groups excluding carboxylic acids is 1. The molecule has 88 valence electrons. The Kier molecular flexibility index (Phi) is 3.38. The Balaban J connectivity index is 2.55. The molecule has 0 N–H and O–H groups in total. The van der Waals surface area contributed by atoms with Crippen molar-refractivity contribution >= 4 is 22.2 Å². The van der Waals surface area contributed by atoms with E-state index >= 15 is 0 Å². The summed E-state index contributed by atoms with van der Waals surface area (Å²) in [7, 11) is 0. The van der Waals surface area contributed by atoms with E-state index in [4.69, 9.17) is 0 Å². The van der Waals surface area contributed by atoms with Crippen LogP contribution in [0.25, 0.3) is 5.69 Å². The SMILES string of the molecule is CC(C)c1c(C=O)nnn1-c1ccc(Br)cc1. The van der Waals surface area contributed by atoms with Crippen molar-refractivity contribution < 1.29 is 4.79 Å². The molecule has 2 aromatic rings. The maximum absolute atomic E-state index is 10.9. The highest BCUT2D eigenvalue weighted by atomic mass is 79.9. The predicted molar refractivity (Wildman–Crippen MR) is 68.5 cm³/mol. The fourth-order valence-corrected chi connectivity index (χ4v) is 1.96. The van der Waals surface area contributed by atoms with Crippen molar-refractivity contribution in [1.82, 2.24) is 15.0 Å². The lowest BCUT2D eigenvalue weighted by molar-refractivity contribution is 0.111. The third kappa shape index (κ3) is 2.29. The molecule has 2 rings (SSSR count). The molecule has 17 heavy (non-hydrogen) atoms. The van der Waals surface area contributed by atoms with Crippen molar-refractivity contribution in [3.63, 3.8) is 0 Å². The highest BCUT2D eigenvalue weighted by Gasteiger charge is 2.16. The molecule has 0 amide bonds. The van der Waals surface area contributed by atoms with Crippen LogP contribution >= 0.6 is 15.9 Å². The van der Waals surface area contributed by atoms with E-state index in [1.54, 1.807) is 4.68 Å². The molecule has 1 aromatic heterocycles. The first-order valence-electron chi connectivity index (χ1n) is 5.30. The van der Waals surface area contributed by atoms with Gasteiger partial charge in [0.05, 0.1) is 11.4 Å². The van der Waals surface area contributed by atoms with Crippen LogP contribution in [-0.2, 0) is 0 Å². The van der Waals surface area contributed by atoms with Gasteiger partial charge < -0.3 is 0 Å². The van der Waals surface area contributed by atoms with E-state index in [9.17, 15) is 4.79 Å². The van der Waals surface area contributed by atoms with E-state index in [0.717, 1.165) is 22.1 Å². The summed E-state index contributed by atoms with van der Waals surface area (Å²) in [5.41, 5.74) is 2.14. The average Bonchev–Trinajstić information content (AvgIpc) is 2.73. The zero-order valence-corrected chi connectivity index (χ0v) is 11.2. The van der Waals surface area contributed by atoms with Gasteiger partial charge in [0.2, 0.25) is 0 Å². The number of aldehydes is 1. The molecule has 0 radical (unpaired) electrons. The second-order valence-electron chi connectivity index (χ2n) is 4.02. The minimum Gasteiger partial charge on any atom is -0.296 e. The van der Waals surface area contributed by atoms with Crippen LogP contribution in [0.1, 0.15) is 35.9 Å². The van der Waals surface area contributed by atoms with Crippen LogP contribution in [0.5, 0.6) is 0 Å². The number of aromatic nitrogens is 3. The van der Waals surface area contributed by atoms with Crippen molar-refractivity contribution in [3.8, 4) is 5.69 Å². The molecule has 0 bridgehead atoms. The Morgan fingerprint density at radius 2 is 1.94 bits per heavy atom. The summed E-state index contributed by atoms with van der Waals surface area (Å²) in [6.45, 7) is 4.03. The van der Waals surface area contributed by atoms with Gasteiger partial charge in [-0.1, -0.05) is 35.0 Å². The summed E-state index contributed by atoms with van der Waals surface area (Å²) in [4.78, 5) is 10.9. The van der Waals surface area contributed by atoms with E-state index in [2.05, 4.69) is 26.2 Å². The van der Waals surface area contributed by atoms with E-state index < -0.39 is 0 Å². The van der Waals surface area contributed by atoms with Gasteiger partial charge in [-0.15, -0.1) is 5.10 Å². The molecule has 4 nitrogen and oxygen atoms in total. The van der Waals surface area contributed by atoms with Crippen LogP contribution in [0.2, 0.25) is 0 Å². The predicted octanol–water partition coefficient (Wildman–Crippen LogP) is 2.97. The van der Waals surface area contributed by atoms with Gasteiger partial charge in [-0.25, -0.2) is 4.68 Å². The van der Waals surface area contributed by atoms with Crippen molar-refractivity contribution in [3.05, 3.63) is 40.1 Å². The maximum atomic E-state index is 10.9. The number of hydrogen-bond acceptors (Lipinski definition) is 3. The highest BCUT2D eigenvalue weighted by Crippen LogP contribution is 2.21.